The molecule has 0 spiro atoms. The molecule has 10 heteroatoms. The van der Waals surface area contributed by atoms with Gasteiger partial charge >= 0.3 is 0 Å². The third kappa shape index (κ3) is 2.69. The minimum absolute atomic E-state index is 0.0115. The normalized spacial score (nSPS) is 11.2. The number of amides is 1. The van der Waals surface area contributed by atoms with Crippen molar-refractivity contribution in [1.29, 1.82) is 0 Å². The van der Waals surface area contributed by atoms with Gasteiger partial charge in [0.25, 0.3) is 5.91 Å². The number of carbonyl (C=O) groups excluding carboxylic acids is 1. The maximum absolute atomic E-state index is 11.8. The van der Waals surface area contributed by atoms with Gasteiger partial charge in [-0.15, -0.1) is 0 Å². The smallest absolute Gasteiger partial charge is 0.281 e. The predicted octanol–water partition coefficient (Wildman–Crippen LogP) is -0.449. The second kappa shape index (κ2) is 4.66. The van der Waals surface area contributed by atoms with Crippen LogP contribution in [0.3, 0.4) is 0 Å². The highest BCUT2D eigenvalue weighted by Gasteiger charge is 2.20. The molecule has 100 valence electrons. The molecule has 1 heterocycles. The number of nitrogen functional groups attached to an aromatic ring is 1. The van der Waals surface area contributed by atoms with Crippen LogP contribution in [0.25, 0.3) is 0 Å². The van der Waals surface area contributed by atoms with E-state index in [1.807, 2.05) is 0 Å². The lowest BCUT2D eigenvalue weighted by molar-refractivity contribution is 0.101. The van der Waals surface area contributed by atoms with Gasteiger partial charge in [0.05, 0.1) is 5.69 Å². The number of nitrogens with zero attached hydrogens (tertiary/aromatic N) is 2. The van der Waals surface area contributed by atoms with Crippen LogP contribution in [-0.4, -0.2) is 24.6 Å². The first-order chi connectivity index (χ1) is 8.89. The summed E-state index contributed by atoms with van der Waals surface area (Å²) in [5, 5.41) is 13.9. The summed E-state index contributed by atoms with van der Waals surface area (Å²) in [6.45, 7) is 0. The van der Waals surface area contributed by atoms with Crippen molar-refractivity contribution < 1.29 is 17.8 Å². The highest BCUT2D eigenvalue weighted by molar-refractivity contribution is 7.89. The van der Waals surface area contributed by atoms with Crippen LogP contribution < -0.4 is 16.2 Å². The predicted molar refractivity (Wildman–Crippen MR) is 64.5 cm³/mol. The van der Waals surface area contributed by atoms with E-state index in [0.29, 0.717) is 0 Å². The summed E-state index contributed by atoms with van der Waals surface area (Å²) in [5.74, 6) is -0.958. The molecule has 1 aromatic heterocycles. The number of benzene rings is 1. The molecule has 2 aromatic rings. The number of hydrogen-bond donors (Lipinski definition) is 3. The molecular weight excluding hydrogens is 274 g/mol. The van der Waals surface area contributed by atoms with Gasteiger partial charge in [0, 0.05) is 0 Å². The van der Waals surface area contributed by atoms with Crippen molar-refractivity contribution in [2.45, 2.75) is 4.90 Å². The summed E-state index contributed by atoms with van der Waals surface area (Å²) in [4.78, 5) is 11.6. The number of nitrogens with one attached hydrogen (secondary N) is 1. The quantitative estimate of drug-likeness (QED) is 0.689. The number of anilines is 2. The molecule has 5 N–H and O–H groups in total. The largest absolute Gasteiger partial charge is 0.379 e. The molecule has 0 radical (unpaired) electrons. The number of para-hydroxylation sites is 1. The van der Waals surface area contributed by atoms with Crippen molar-refractivity contribution >= 4 is 27.4 Å². The van der Waals surface area contributed by atoms with E-state index in [9.17, 15) is 13.2 Å². The Morgan fingerprint density at radius 2 is 1.95 bits per heavy atom. The van der Waals surface area contributed by atoms with E-state index < -0.39 is 15.9 Å². The van der Waals surface area contributed by atoms with Gasteiger partial charge in [0.2, 0.25) is 21.5 Å². The minimum Gasteiger partial charge on any atom is -0.379 e. The number of nitrogens with two attached hydrogens (primary N) is 2. The summed E-state index contributed by atoms with van der Waals surface area (Å²) in [5.41, 5.74) is 5.11. The van der Waals surface area contributed by atoms with Crippen LogP contribution in [0.2, 0.25) is 0 Å². The molecule has 0 aliphatic carbocycles. The second-order valence-corrected chi connectivity index (χ2v) is 5.02. The average Bonchev–Trinajstić information content (AvgIpc) is 2.75. The lowest BCUT2D eigenvalue weighted by Crippen LogP contribution is -2.19. The van der Waals surface area contributed by atoms with Crippen LogP contribution in [0.4, 0.5) is 11.5 Å². The van der Waals surface area contributed by atoms with Crippen LogP contribution in [0, 0.1) is 0 Å². The summed E-state index contributed by atoms with van der Waals surface area (Å²) < 4.78 is 27.0. The molecule has 9 nitrogen and oxygen atoms in total. The molecule has 0 saturated carbocycles. The van der Waals surface area contributed by atoms with Crippen LogP contribution >= 0.6 is 0 Å². The number of hydrogen-bond acceptors (Lipinski definition) is 7. The van der Waals surface area contributed by atoms with Gasteiger partial charge in [-0.3, -0.25) is 4.79 Å². The minimum atomic E-state index is -3.96. The Morgan fingerprint density at radius 1 is 1.26 bits per heavy atom. The van der Waals surface area contributed by atoms with Gasteiger partial charge in [-0.25, -0.2) is 18.2 Å². The van der Waals surface area contributed by atoms with Gasteiger partial charge in [-0.05, 0) is 22.4 Å². The van der Waals surface area contributed by atoms with Crippen molar-refractivity contribution in [3.05, 3.63) is 30.0 Å². The Labute approximate surface area is 107 Å². The Hall–Kier alpha value is -2.46. The van der Waals surface area contributed by atoms with Crippen LogP contribution in [0.15, 0.2) is 33.8 Å². The van der Waals surface area contributed by atoms with E-state index in [2.05, 4.69) is 20.3 Å². The van der Waals surface area contributed by atoms with E-state index in [4.69, 9.17) is 10.9 Å². The Bertz CT molecular complexity index is 724. The maximum atomic E-state index is 11.8. The standard InChI is InChI=1S/C9H9N5O4S/c10-8-7(13-18-14-8)9(15)12-5-3-1-2-4-6(5)19(11,16)17/h1-4H,(H2,10,14)(H,12,15)(H2,11,16,17). The van der Waals surface area contributed by atoms with Crippen molar-refractivity contribution in [3.8, 4) is 0 Å². The zero-order valence-corrected chi connectivity index (χ0v) is 10.2. The summed E-state index contributed by atoms with van der Waals surface area (Å²) in [7, 11) is -3.96. The van der Waals surface area contributed by atoms with Crippen molar-refractivity contribution in [1.82, 2.24) is 10.3 Å². The van der Waals surface area contributed by atoms with Gasteiger partial charge in [0.1, 0.15) is 4.90 Å². The lowest BCUT2D eigenvalue weighted by atomic mass is 10.3. The van der Waals surface area contributed by atoms with Gasteiger partial charge in [-0.1, -0.05) is 12.1 Å². The molecule has 0 atom stereocenters. The fraction of sp³-hybridized carbons (Fsp3) is 0. The van der Waals surface area contributed by atoms with Crippen molar-refractivity contribution in [2.75, 3.05) is 11.1 Å². The highest BCUT2D eigenvalue weighted by Crippen LogP contribution is 2.20. The monoisotopic (exact) mass is 283 g/mol. The maximum Gasteiger partial charge on any atom is 0.281 e. The molecule has 0 unspecified atom stereocenters. The number of rotatable bonds is 3. The molecule has 1 amide bonds. The van der Waals surface area contributed by atoms with Crippen LogP contribution in [0.5, 0.6) is 0 Å². The number of carbonyl (C=O) groups is 1. The van der Waals surface area contributed by atoms with E-state index in [-0.39, 0.29) is 22.1 Å². The van der Waals surface area contributed by atoms with E-state index in [0.717, 1.165) is 0 Å². The number of sulfonamides is 1. The summed E-state index contributed by atoms with van der Waals surface area (Å²) in [6.07, 6.45) is 0. The van der Waals surface area contributed by atoms with Crippen molar-refractivity contribution in [3.63, 3.8) is 0 Å². The van der Waals surface area contributed by atoms with E-state index in [1.54, 1.807) is 0 Å². The topological polar surface area (TPSA) is 154 Å². The Morgan fingerprint density at radius 3 is 2.53 bits per heavy atom. The summed E-state index contributed by atoms with van der Waals surface area (Å²) in [6, 6.07) is 5.65. The number of aromatic nitrogens is 2. The van der Waals surface area contributed by atoms with E-state index in [1.165, 1.54) is 24.3 Å². The second-order valence-electron chi connectivity index (χ2n) is 3.49. The third-order valence-corrected chi connectivity index (χ3v) is 3.14. The van der Waals surface area contributed by atoms with Crippen molar-refractivity contribution in [2.24, 2.45) is 5.14 Å². The molecule has 0 fully saturated rings. The Balaban J connectivity index is 2.35. The average molecular weight is 283 g/mol. The van der Waals surface area contributed by atoms with Crippen LogP contribution in [-0.2, 0) is 10.0 Å². The number of primary sulfonamides is 1. The molecule has 0 aliphatic heterocycles. The van der Waals surface area contributed by atoms with Crippen LogP contribution in [0.1, 0.15) is 10.5 Å². The molecular formula is C9H9N5O4S. The fourth-order valence-electron chi connectivity index (χ4n) is 1.35. The SMILES string of the molecule is Nc1nonc1C(=O)Nc1ccccc1S(N)(=O)=O. The lowest BCUT2D eigenvalue weighted by Gasteiger charge is -2.07. The molecule has 0 aliphatic rings. The molecule has 1 aromatic carbocycles. The first kappa shape index (κ1) is 13.0. The molecule has 2 rings (SSSR count). The highest BCUT2D eigenvalue weighted by atomic mass is 32.2. The molecule has 19 heavy (non-hydrogen) atoms. The Kier molecular flexibility index (Phi) is 3.19. The third-order valence-electron chi connectivity index (χ3n) is 2.17. The first-order valence-corrected chi connectivity index (χ1v) is 6.45. The van der Waals surface area contributed by atoms with E-state index >= 15 is 0 Å². The first-order valence-electron chi connectivity index (χ1n) is 4.91. The van der Waals surface area contributed by atoms with Gasteiger partial charge in [0.15, 0.2) is 0 Å². The molecule has 0 saturated heterocycles. The molecule has 0 bridgehead atoms. The zero-order valence-electron chi connectivity index (χ0n) is 9.40. The zero-order chi connectivity index (χ0) is 14.0. The van der Waals surface area contributed by atoms with Gasteiger partial charge < -0.3 is 11.1 Å². The summed E-state index contributed by atoms with van der Waals surface area (Å²) >= 11 is 0. The fourth-order valence-corrected chi connectivity index (χ4v) is 2.05. The van der Waals surface area contributed by atoms with Gasteiger partial charge in [-0.2, -0.15) is 0 Å².